The molecule has 0 atom stereocenters. The van der Waals surface area contributed by atoms with Crippen molar-refractivity contribution in [2.24, 2.45) is 0 Å². The third-order valence-electron chi connectivity index (χ3n) is 2.58. The van der Waals surface area contributed by atoms with Crippen LogP contribution in [0, 0.1) is 21.7 Å². The lowest BCUT2D eigenvalue weighted by Gasteiger charge is -2.07. The van der Waals surface area contributed by atoms with E-state index in [-0.39, 0.29) is 15.7 Å². The molecule has 0 aromatic heterocycles. The van der Waals surface area contributed by atoms with E-state index in [0.29, 0.717) is 0 Å². The maximum Gasteiger partial charge on any atom is 0.304 e. The Morgan fingerprint density at radius 2 is 1.90 bits per heavy atom. The zero-order valence-electron chi connectivity index (χ0n) is 10.3. The molecule has 2 aromatic rings. The van der Waals surface area contributed by atoms with Crippen molar-refractivity contribution in [1.29, 1.82) is 0 Å². The number of nitro groups is 1. The SMILES string of the molecule is O=C(Nc1ccc([N+](=O)[O-])c(F)c1)c1ccc(F)cc1Br. The Balaban J connectivity index is 2.23. The zero-order chi connectivity index (χ0) is 15.6. The molecule has 0 radical (unpaired) electrons. The van der Waals surface area contributed by atoms with Crippen LogP contribution in [0.3, 0.4) is 0 Å². The van der Waals surface area contributed by atoms with Gasteiger partial charge in [-0.15, -0.1) is 0 Å². The van der Waals surface area contributed by atoms with Crippen molar-refractivity contribution in [2.45, 2.75) is 0 Å². The molecule has 0 saturated heterocycles. The van der Waals surface area contributed by atoms with Crippen molar-refractivity contribution >= 4 is 33.2 Å². The average molecular weight is 357 g/mol. The van der Waals surface area contributed by atoms with Crippen molar-refractivity contribution in [3.05, 3.63) is 68.2 Å². The average Bonchev–Trinajstić information content (AvgIpc) is 2.37. The second-order valence-electron chi connectivity index (χ2n) is 4.00. The molecular weight excluding hydrogens is 350 g/mol. The molecule has 2 rings (SSSR count). The molecule has 1 N–H and O–H groups in total. The predicted octanol–water partition coefficient (Wildman–Crippen LogP) is 3.89. The fourth-order valence-electron chi connectivity index (χ4n) is 1.60. The lowest BCUT2D eigenvalue weighted by atomic mass is 10.2. The van der Waals surface area contributed by atoms with Gasteiger partial charge in [0, 0.05) is 22.3 Å². The maximum absolute atomic E-state index is 13.4. The summed E-state index contributed by atoms with van der Waals surface area (Å²) in [4.78, 5) is 21.6. The minimum absolute atomic E-state index is 0.0549. The molecule has 0 aliphatic heterocycles. The van der Waals surface area contributed by atoms with Crippen molar-refractivity contribution in [2.75, 3.05) is 5.32 Å². The normalized spacial score (nSPS) is 10.2. The fraction of sp³-hybridized carbons (Fsp3) is 0. The summed E-state index contributed by atoms with van der Waals surface area (Å²) in [6.07, 6.45) is 0. The van der Waals surface area contributed by atoms with Gasteiger partial charge in [0.1, 0.15) is 5.82 Å². The summed E-state index contributed by atoms with van der Waals surface area (Å²) in [6.45, 7) is 0. The molecule has 5 nitrogen and oxygen atoms in total. The summed E-state index contributed by atoms with van der Waals surface area (Å²) < 4.78 is 26.6. The number of nitrogens with one attached hydrogen (secondary N) is 1. The van der Waals surface area contributed by atoms with Gasteiger partial charge in [-0.3, -0.25) is 14.9 Å². The van der Waals surface area contributed by atoms with Crippen LogP contribution >= 0.6 is 15.9 Å². The second kappa shape index (κ2) is 5.96. The maximum atomic E-state index is 13.4. The van der Waals surface area contributed by atoms with Crippen LogP contribution in [0.4, 0.5) is 20.2 Å². The highest BCUT2D eigenvalue weighted by molar-refractivity contribution is 9.10. The van der Waals surface area contributed by atoms with Gasteiger partial charge in [0.2, 0.25) is 5.82 Å². The van der Waals surface area contributed by atoms with E-state index in [1.807, 2.05) is 0 Å². The van der Waals surface area contributed by atoms with E-state index >= 15 is 0 Å². The third-order valence-corrected chi connectivity index (χ3v) is 3.23. The van der Waals surface area contributed by atoms with E-state index < -0.39 is 28.2 Å². The predicted molar refractivity (Wildman–Crippen MR) is 75.1 cm³/mol. The Kier molecular flexibility index (Phi) is 4.27. The second-order valence-corrected chi connectivity index (χ2v) is 4.86. The van der Waals surface area contributed by atoms with E-state index in [1.54, 1.807) is 0 Å². The number of carbonyl (C=O) groups excluding carboxylic acids is 1. The van der Waals surface area contributed by atoms with Gasteiger partial charge < -0.3 is 5.32 Å². The molecule has 0 unspecified atom stereocenters. The molecule has 0 saturated carbocycles. The van der Waals surface area contributed by atoms with Crippen LogP contribution in [0.1, 0.15) is 10.4 Å². The van der Waals surface area contributed by atoms with Crippen molar-refractivity contribution in [3.63, 3.8) is 0 Å². The molecule has 0 fully saturated rings. The van der Waals surface area contributed by atoms with Crippen molar-refractivity contribution in [1.82, 2.24) is 0 Å². The molecule has 108 valence electrons. The number of nitrogens with zero attached hydrogens (tertiary/aromatic N) is 1. The molecule has 21 heavy (non-hydrogen) atoms. The monoisotopic (exact) mass is 356 g/mol. The minimum Gasteiger partial charge on any atom is -0.322 e. The highest BCUT2D eigenvalue weighted by Gasteiger charge is 2.16. The summed E-state index contributed by atoms with van der Waals surface area (Å²) in [6, 6.07) is 6.48. The number of rotatable bonds is 3. The number of carbonyl (C=O) groups is 1. The fourth-order valence-corrected chi connectivity index (χ4v) is 2.14. The first-order valence-corrected chi connectivity index (χ1v) is 6.38. The first-order valence-electron chi connectivity index (χ1n) is 5.59. The number of anilines is 1. The van der Waals surface area contributed by atoms with Crippen LogP contribution in [0.5, 0.6) is 0 Å². The summed E-state index contributed by atoms with van der Waals surface area (Å²) in [5.74, 6) is -2.18. The Labute approximate surface area is 125 Å². The molecule has 8 heteroatoms. The number of hydrogen-bond acceptors (Lipinski definition) is 3. The van der Waals surface area contributed by atoms with Gasteiger partial charge in [0.05, 0.1) is 10.5 Å². The number of halogens is 3. The van der Waals surface area contributed by atoms with E-state index in [0.717, 1.165) is 24.3 Å². The van der Waals surface area contributed by atoms with Gasteiger partial charge in [-0.2, -0.15) is 4.39 Å². The molecule has 1 amide bonds. The number of nitro benzene ring substituents is 1. The Bertz CT molecular complexity index is 737. The lowest BCUT2D eigenvalue weighted by molar-refractivity contribution is -0.387. The van der Waals surface area contributed by atoms with Crippen molar-refractivity contribution in [3.8, 4) is 0 Å². The van der Waals surface area contributed by atoms with E-state index in [1.165, 1.54) is 12.1 Å². The van der Waals surface area contributed by atoms with Gasteiger partial charge in [0.25, 0.3) is 5.91 Å². The van der Waals surface area contributed by atoms with Crippen molar-refractivity contribution < 1.29 is 18.5 Å². The van der Waals surface area contributed by atoms with Gasteiger partial charge in [-0.05, 0) is 40.2 Å². The Morgan fingerprint density at radius 3 is 2.48 bits per heavy atom. The first kappa shape index (κ1) is 15.0. The summed E-state index contributed by atoms with van der Waals surface area (Å²) in [5.41, 5.74) is -0.481. The lowest BCUT2D eigenvalue weighted by Crippen LogP contribution is -2.13. The molecule has 2 aromatic carbocycles. The van der Waals surface area contributed by atoms with Gasteiger partial charge in [-0.1, -0.05) is 0 Å². The zero-order valence-corrected chi connectivity index (χ0v) is 11.9. The highest BCUT2D eigenvalue weighted by atomic mass is 79.9. The van der Waals surface area contributed by atoms with E-state index in [9.17, 15) is 23.7 Å². The van der Waals surface area contributed by atoms with Gasteiger partial charge >= 0.3 is 5.69 Å². The standard InChI is InChI=1S/C13H7BrF2N2O3/c14-10-5-7(15)1-3-9(10)13(19)17-8-2-4-12(18(20)21)11(16)6-8/h1-6H,(H,17,19). The van der Waals surface area contributed by atoms with E-state index in [4.69, 9.17) is 0 Å². The van der Waals surface area contributed by atoms with Gasteiger partial charge in [0.15, 0.2) is 0 Å². The number of amides is 1. The highest BCUT2D eigenvalue weighted by Crippen LogP contribution is 2.23. The van der Waals surface area contributed by atoms with Crippen LogP contribution in [-0.2, 0) is 0 Å². The molecule has 0 aliphatic carbocycles. The third kappa shape index (κ3) is 3.40. The first-order chi connectivity index (χ1) is 9.88. The summed E-state index contributed by atoms with van der Waals surface area (Å²) in [5, 5.41) is 12.9. The van der Waals surface area contributed by atoms with Crippen LogP contribution in [-0.4, -0.2) is 10.8 Å². The minimum atomic E-state index is -1.06. The Morgan fingerprint density at radius 1 is 1.19 bits per heavy atom. The molecule has 0 bridgehead atoms. The summed E-state index contributed by atoms with van der Waals surface area (Å²) >= 11 is 3.04. The number of benzene rings is 2. The topological polar surface area (TPSA) is 72.2 Å². The largest absolute Gasteiger partial charge is 0.322 e. The molecule has 0 spiro atoms. The summed E-state index contributed by atoms with van der Waals surface area (Å²) in [7, 11) is 0. The molecule has 0 heterocycles. The van der Waals surface area contributed by atoms with Crippen LogP contribution in [0.25, 0.3) is 0 Å². The molecule has 0 aliphatic rings. The van der Waals surface area contributed by atoms with Gasteiger partial charge in [-0.25, -0.2) is 4.39 Å². The Hall–Kier alpha value is -2.35. The van der Waals surface area contributed by atoms with E-state index in [2.05, 4.69) is 21.2 Å². The number of hydrogen-bond donors (Lipinski definition) is 1. The smallest absolute Gasteiger partial charge is 0.304 e. The quantitative estimate of drug-likeness (QED) is 0.669. The van der Waals surface area contributed by atoms with Crippen LogP contribution < -0.4 is 5.32 Å². The van der Waals surface area contributed by atoms with Crippen LogP contribution in [0.15, 0.2) is 40.9 Å². The molecular formula is C13H7BrF2N2O3. The van der Waals surface area contributed by atoms with Crippen LogP contribution in [0.2, 0.25) is 0 Å².